The van der Waals surface area contributed by atoms with Gasteiger partial charge in [0, 0.05) is 6.92 Å². The van der Waals surface area contributed by atoms with Gasteiger partial charge in [-0.3, -0.25) is 4.79 Å². The van der Waals surface area contributed by atoms with Gasteiger partial charge in [-0.15, -0.1) is 0 Å². The highest BCUT2D eigenvalue weighted by molar-refractivity contribution is 5.66. The molecule has 0 heterocycles. The standard InChI is InChI=1S/C6H6F6O3/c1-3(13)15-2-4(14,5(7,8)9)6(10,11)12/h14H,2H2,1H3. The molecule has 3 nitrogen and oxygen atoms in total. The Morgan fingerprint density at radius 3 is 1.67 bits per heavy atom. The molecule has 0 aromatic rings. The van der Waals surface area contributed by atoms with Crippen molar-refractivity contribution in [3.63, 3.8) is 0 Å². The number of carbonyl (C=O) groups excluding carboxylic acids is 1. The second kappa shape index (κ2) is 3.87. The van der Waals surface area contributed by atoms with Crippen LogP contribution in [0.4, 0.5) is 26.3 Å². The van der Waals surface area contributed by atoms with E-state index in [0.29, 0.717) is 6.92 Å². The van der Waals surface area contributed by atoms with E-state index < -0.39 is 30.5 Å². The second-order valence-corrected chi connectivity index (χ2v) is 2.64. The number of aliphatic hydroxyl groups is 1. The predicted molar refractivity (Wildman–Crippen MR) is 33.7 cm³/mol. The molecule has 0 atom stereocenters. The van der Waals surface area contributed by atoms with Crippen LogP contribution in [0.3, 0.4) is 0 Å². The molecule has 0 spiro atoms. The van der Waals surface area contributed by atoms with Crippen LogP contribution in [0.15, 0.2) is 0 Å². The number of rotatable bonds is 2. The zero-order valence-electron chi connectivity index (χ0n) is 7.24. The van der Waals surface area contributed by atoms with Crippen molar-refractivity contribution in [3.8, 4) is 0 Å². The van der Waals surface area contributed by atoms with Crippen LogP contribution in [-0.4, -0.2) is 35.6 Å². The van der Waals surface area contributed by atoms with Crippen LogP contribution >= 0.6 is 0 Å². The molecule has 90 valence electrons. The lowest BCUT2D eigenvalue weighted by atomic mass is 10.1. The zero-order chi connectivity index (χ0) is 12.5. The van der Waals surface area contributed by atoms with Gasteiger partial charge < -0.3 is 9.84 Å². The van der Waals surface area contributed by atoms with Crippen LogP contribution in [0, 0.1) is 0 Å². The molecule has 0 unspecified atom stereocenters. The summed E-state index contributed by atoms with van der Waals surface area (Å²) in [6.45, 7) is -1.59. The highest BCUT2D eigenvalue weighted by Gasteiger charge is 2.71. The van der Waals surface area contributed by atoms with Crippen molar-refractivity contribution in [3.05, 3.63) is 0 Å². The fourth-order valence-corrected chi connectivity index (χ4v) is 0.530. The van der Waals surface area contributed by atoms with Crippen LogP contribution in [0.2, 0.25) is 0 Å². The van der Waals surface area contributed by atoms with Gasteiger partial charge in [0.2, 0.25) is 0 Å². The molecule has 0 radical (unpaired) electrons. The molecule has 0 bridgehead atoms. The van der Waals surface area contributed by atoms with Gasteiger partial charge in [-0.05, 0) is 0 Å². The van der Waals surface area contributed by atoms with Crippen LogP contribution in [0.25, 0.3) is 0 Å². The molecule has 9 heteroatoms. The van der Waals surface area contributed by atoms with E-state index in [9.17, 15) is 31.1 Å². The Morgan fingerprint density at radius 1 is 1.13 bits per heavy atom. The van der Waals surface area contributed by atoms with E-state index in [-0.39, 0.29) is 0 Å². The van der Waals surface area contributed by atoms with Crippen LogP contribution in [-0.2, 0) is 9.53 Å². The van der Waals surface area contributed by atoms with Crippen LogP contribution < -0.4 is 0 Å². The average Bonchev–Trinajstić information content (AvgIpc) is 1.95. The Hall–Kier alpha value is -0.990. The van der Waals surface area contributed by atoms with Crippen molar-refractivity contribution < 1.29 is 41.0 Å². The SMILES string of the molecule is CC(=O)OCC(O)(C(F)(F)F)C(F)(F)F. The van der Waals surface area contributed by atoms with Gasteiger partial charge in [-0.1, -0.05) is 0 Å². The first-order valence-corrected chi connectivity index (χ1v) is 3.41. The van der Waals surface area contributed by atoms with E-state index in [1.54, 1.807) is 0 Å². The molecule has 15 heavy (non-hydrogen) atoms. The lowest BCUT2D eigenvalue weighted by molar-refractivity contribution is -0.375. The number of ether oxygens (including phenoxy) is 1. The van der Waals surface area contributed by atoms with Crippen molar-refractivity contribution in [2.24, 2.45) is 0 Å². The summed E-state index contributed by atoms with van der Waals surface area (Å²) in [7, 11) is 0. The summed E-state index contributed by atoms with van der Waals surface area (Å²) in [5, 5.41) is 8.41. The molecular weight excluding hydrogens is 234 g/mol. The van der Waals surface area contributed by atoms with E-state index in [2.05, 4.69) is 4.74 Å². The third kappa shape index (κ3) is 2.98. The molecule has 0 fully saturated rings. The maximum atomic E-state index is 11.9. The van der Waals surface area contributed by atoms with Crippen molar-refractivity contribution in [1.82, 2.24) is 0 Å². The molecule has 0 aromatic carbocycles. The number of carbonyl (C=O) groups is 1. The summed E-state index contributed by atoms with van der Waals surface area (Å²) in [4.78, 5) is 10.1. The van der Waals surface area contributed by atoms with E-state index in [0.717, 1.165) is 0 Å². The number of hydrogen-bond donors (Lipinski definition) is 1. The van der Waals surface area contributed by atoms with E-state index in [1.165, 1.54) is 0 Å². The maximum absolute atomic E-state index is 11.9. The fraction of sp³-hybridized carbons (Fsp3) is 0.833. The van der Waals surface area contributed by atoms with Crippen molar-refractivity contribution in [2.75, 3.05) is 6.61 Å². The predicted octanol–water partition coefficient (Wildman–Crippen LogP) is 1.41. The highest BCUT2D eigenvalue weighted by Crippen LogP contribution is 2.43. The normalized spacial score (nSPS) is 13.9. The number of hydrogen-bond acceptors (Lipinski definition) is 3. The van der Waals surface area contributed by atoms with Gasteiger partial charge >= 0.3 is 18.3 Å². The summed E-state index contributed by atoms with van der Waals surface area (Å²) in [6.07, 6.45) is -11.9. The van der Waals surface area contributed by atoms with Gasteiger partial charge in [-0.2, -0.15) is 26.3 Å². The average molecular weight is 240 g/mol. The third-order valence-corrected chi connectivity index (χ3v) is 1.42. The first-order chi connectivity index (χ1) is 6.42. The van der Waals surface area contributed by atoms with E-state index in [4.69, 9.17) is 5.11 Å². The molecule has 1 N–H and O–H groups in total. The van der Waals surface area contributed by atoms with Gasteiger partial charge in [0.05, 0.1) is 0 Å². The first kappa shape index (κ1) is 14.0. The minimum absolute atomic E-state index is 0.618. The zero-order valence-corrected chi connectivity index (χ0v) is 7.24. The Bertz CT molecular complexity index is 228. The Kier molecular flexibility index (Phi) is 3.62. The molecule has 0 saturated heterocycles. The lowest BCUT2D eigenvalue weighted by Crippen LogP contribution is -2.60. The minimum atomic E-state index is -5.97. The highest BCUT2D eigenvalue weighted by atomic mass is 19.4. The summed E-state index contributed by atoms with van der Waals surface area (Å²) in [5.74, 6) is -1.36. The molecule has 0 aromatic heterocycles. The summed E-state index contributed by atoms with van der Waals surface area (Å²) in [5.41, 5.74) is -5.04. The van der Waals surface area contributed by atoms with E-state index >= 15 is 0 Å². The Labute approximate surface area is 79.6 Å². The van der Waals surface area contributed by atoms with Crippen LogP contribution in [0.5, 0.6) is 0 Å². The molecule has 0 aliphatic rings. The largest absolute Gasteiger partial charge is 0.462 e. The maximum Gasteiger partial charge on any atom is 0.429 e. The number of alkyl halides is 6. The lowest BCUT2D eigenvalue weighted by Gasteiger charge is -2.31. The minimum Gasteiger partial charge on any atom is -0.462 e. The Morgan fingerprint density at radius 2 is 1.47 bits per heavy atom. The number of halogens is 6. The topological polar surface area (TPSA) is 46.5 Å². The summed E-state index contributed by atoms with van der Waals surface area (Å²) < 4.78 is 74.9. The summed E-state index contributed by atoms with van der Waals surface area (Å²) >= 11 is 0. The van der Waals surface area contributed by atoms with Crippen molar-refractivity contribution >= 4 is 5.97 Å². The fourth-order valence-electron chi connectivity index (χ4n) is 0.530. The summed E-state index contributed by atoms with van der Waals surface area (Å²) in [6, 6.07) is 0. The molecule has 0 aliphatic carbocycles. The van der Waals surface area contributed by atoms with Gasteiger partial charge in [0.1, 0.15) is 6.61 Å². The Balaban J connectivity index is 4.98. The molecule has 0 amide bonds. The van der Waals surface area contributed by atoms with Gasteiger partial charge in [0.25, 0.3) is 5.60 Å². The van der Waals surface area contributed by atoms with Crippen molar-refractivity contribution in [2.45, 2.75) is 24.9 Å². The van der Waals surface area contributed by atoms with Crippen molar-refractivity contribution in [1.29, 1.82) is 0 Å². The van der Waals surface area contributed by atoms with Crippen LogP contribution in [0.1, 0.15) is 6.92 Å². The van der Waals surface area contributed by atoms with Gasteiger partial charge in [-0.25, -0.2) is 0 Å². The monoisotopic (exact) mass is 240 g/mol. The van der Waals surface area contributed by atoms with Gasteiger partial charge in [0.15, 0.2) is 0 Å². The second-order valence-electron chi connectivity index (χ2n) is 2.64. The molecular formula is C6H6F6O3. The first-order valence-electron chi connectivity index (χ1n) is 3.41. The smallest absolute Gasteiger partial charge is 0.429 e. The molecule has 0 aliphatic heterocycles. The van der Waals surface area contributed by atoms with E-state index in [1.807, 2.05) is 0 Å². The molecule has 0 rings (SSSR count). The third-order valence-electron chi connectivity index (χ3n) is 1.42. The molecule has 0 saturated carbocycles. The quantitative estimate of drug-likeness (QED) is 0.586. The number of esters is 1.